The zero-order chi connectivity index (χ0) is 14.0. The molecule has 0 bridgehead atoms. The fourth-order valence-corrected chi connectivity index (χ4v) is 3.05. The predicted molar refractivity (Wildman–Crippen MR) is 89.8 cm³/mol. The number of hydrogen-bond acceptors (Lipinski definition) is 1. The van der Waals surface area contributed by atoms with Crippen LogP contribution >= 0.6 is 31.9 Å². The lowest BCUT2D eigenvalue weighted by atomic mass is 10.00. The number of anilines is 1. The van der Waals surface area contributed by atoms with Crippen LogP contribution in [-0.4, -0.2) is 0 Å². The quantitative estimate of drug-likeness (QED) is 0.712. The van der Waals surface area contributed by atoms with Crippen molar-refractivity contribution in [2.75, 3.05) is 5.32 Å². The van der Waals surface area contributed by atoms with Gasteiger partial charge in [0.1, 0.15) is 0 Å². The van der Waals surface area contributed by atoms with Crippen molar-refractivity contribution in [3.05, 3.63) is 61.5 Å². The van der Waals surface area contributed by atoms with Crippen LogP contribution in [0, 0.1) is 20.8 Å². The van der Waals surface area contributed by atoms with E-state index < -0.39 is 0 Å². The van der Waals surface area contributed by atoms with Crippen molar-refractivity contribution >= 4 is 37.5 Å². The third-order valence-corrected chi connectivity index (χ3v) is 4.41. The summed E-state index contributed by atoms with van der Waals surface area (Å²) in [6.07, 6.45) is 0. The summed E-state index contributed by atoms with van der Waals surface area (Å²) in [7, 11) is 0. The summed E-state index contributed by atoms with van der Waals surface area (Å²) in [6, 6.07) is 10.6. The lowest BCUT2D eigenvalue weighted by molar-refractivity contribution is 1.08. The van der Waals surface area contributed by atoms with E-state index in [1.165, 1.54) is 22.3 Å². The van der Waals surface area contributed by atoms with Crippen molar-refractivity contribution in [2.45, 2.75) is 27.3 Å². The van der Waals surface area contributed by atoms with Crippen LogP contribution in [-0.2, 0) is 6.54 Å². The lowest BCUT2D eigenvalue weighted by Crippen LogP contribution is -2.04. The molecule has 100 valence electrons. The highest BCUT2D eigenvalue weighted by Crippen LogP contribution is 2.27. The van der Waals surface area contributed by atoms with E-state index in [-0.39, 0.29) is 0 Å². The van der Waals surface area contributed by atoms with E-state index >= 15 is 0 Å². The molecule has 19 heavy (non-hydrogen) atoms. The molecule has 1 nitrogen and oxygen atoms in total. The molecule has 0 amide bonds. The minimum Gasteiger partial charge on any atom is -0.380 e. The molecule has 2 rings (SSSR count). The van der Waals surface area contributed by atoms with E-state index in [1.807, 2.05) is 12.1 Å². The molecule has 0 fully saturated rings. The third-order valence-electron chi connectivity index (χ3n) is 3.22. The highest BCUT2D eigenvalue weighted by Gasteiger charge is 2.05. The van der Waals surface area contributed by atoms with E-state index in [2.05, 4.69) is 76.1 Å². The van der Waals surface area contributed by atoms with Gasteiger partial charge >= 0.3 is 0 Å². The van der Waals surface area contributed by atoms with Crippen LogP contribution < -0.4 is 5.32 Å². The summed E-state index contributed by atoms with van der Waals surface area (Å²) in [5.74, 6) is 0. The minimum atomic E-state index is 0.840. The van der Waals surface area contributed by atoms with E-state index in [1.54, 1.807) is 0 Å². The fourth-order valence-electron chi connectivity index (χ4n) is 2.31. The molecular formula is C16H17Br2N. The Morgan fingerprint density at radius 2 is 1.58 bits per heavy atom. The van der Waals surface area contributed by atoms with Crippen molar-refractivity contribution in [3.8, 4) is 0 Å². The summed E-state index contributed by atoms with van der Waals surface area (Å²) in [6.45, 7) is 7.33. The normalized spacial score (nSPS) is 10.6. The smallest absolute Gasteiger partial charge is 0.0498 e. The molecule has 0 saturated carbocycles. The number of rotatable bonds is 3. The van der Waals surface area contributed by atoms with Crippen molar-refractivity contribution in [1.29, 1.82) is 0 Å². The van der Waals surface area contributed by atoms with Gasteiger partial charge in [-0.2, -0.15) is 0 Å². The SMILES string of the molecule is Cc1cc(C)c(CNc2cc(Br)ccc2Br)c(C)c1. The standard InChI is InChI=1S/C16H17Br2N/c1-10-6-11(2)14(12(3)7-10)9-19-16-8-13(17)4-5-15(16)18/h4-8,19H,9H2,1-3H3. The average Bonchev–Trinajstić information content (AvgIpc) is 2.32. The van der Waals surface area contributed by atoms with Gasteiger partial charge in [-0.3, -0.25) is 0 Å². The molecule has 0 radical (unpaired) electrons. The van der Waals surface area contributed by atoms with Gasteiger partial charge in [0.05, 0.1) is 0 Å². The first-order chi connectivity index (χ1) is 8.97. The molecule has 1 N–H and O–H groups in total. The second kappa shape index (κ2) is 6.10. The lowest BCUT2D eigenvalue weighted by Gasteiger charge is -2.14. The van der Waals surface area contributed by atoms with Crippen molar-refractivity contribution in [1.82, 2.24) is 0 Å². The van der Waals surface area contributed by atoms with Crippen molar-refractivity contribution < 1.29 is 0 Å². The average molecular weight is 383 g/mol. The van der Waals surface area contributed by atoms with Crippen molar-refractivity contribution in [2.24, 2.45) is 0 Å². The molecule has 0 atom stereocenters. The summed E-state index contributed by atoms with van der Waals surface area (Å²) in [5.41, 5.74) is 6.49. The van der Waals surface area contributed by atoms with Gasteiger partial charge in [-0.15, -0.1) is 0 Å². The Morgan fingerprint density at radius 1 is 0.947 bits per heavy atom. The first-order valence-corrected chi connectivity index (χ1v) is 7.81. The Labute approximate surface area is 131 Å². The molecule has 0 unspecified atom stereocenters. The minimum absolute atomic E-state index is 0.840. The van der Waals surface area contributed by atoms with E-state index in [4.69, 9.17) is 0 Å². The van der Waals surface area contributed by atoms with Gasteiger partial charge in [-0.05, 0) is 71.6 Å². The Hall–Kier alpha value is -0.800. The van der Waals surface area contributed by atoms with Crippen LogP contribution in [0.5, 0.6) is 0 Å². The number of nitrogens with one attached hydrogen (secondary N) is 1. The van der Waals surface area contributed by atoms with Gasteiger partial charge in [0.15, 0.2) is 0 Å². The van der Waals surface area contributed by atoms with Gasteiger partial charge in [-0.25, -0.2) is 0 Å². The van der Waals surface area contributed by atoms with Gasteiger partial charge < -0.3 is 5.32 Å². The van der Waals surface area contributed by atoms with Crippen LogP contribution in [0.2, 0.25) is 0 Å². The zero-order valence-electron chi connectivity index (χ0n) is 11.3. The van der Waals surface area contributed by atoms with Gasteiger partial charge in [0, 0.05) is 21.2 Å². The van der Waals surface area contributed by atoms with Crippen LogP contribution in [0.3, 0.4) is 0 Å². The topological polar surface area (TPSA) is 12.0 Å². The van der Waals surface area contributed by atoms with E-state index in [9.17, 15) is 0 Å². The second-order valence-electron chi connectivity index (χ2n) is 4.85. The first kappa shape index (κ1) is 14.6. The van der Waals surface area contributed by atoms with Crippen molar-refractivity contribution in [3.63, 3.8) is 0 Å². The largest absolute Gasteiger partial charge is 0.380 e. The number of benzene rings is 2. The number of hydrogen-bond donors (Lipinski definition) is 1. The highest BCUT2D eigenvalue weighted by atomic mass is 79.9. The highest BCUT2D eigenvalue weighted by molar-refractivity contribution is 9.11. The van der Waals surface area contributed by atoms with Gasteiger partial charge in [-0.1, -0.05) is 33.6 Å². The molecule has 3 heteroatoms. The number of aryl methyl sites for hydroxylation is 3. The predicted octanol–water partition coefficient (Wildman–Crippen LogP) is 5.75. The maximum atomic E-state index is 3.57. The molecule has 0 heterocycles. The molecule has 0 spiro atoms. The summed E-state index contributed by atoms with van der Waals surface area (Å²) < 4.78 is 2.16. The molecule has 2 aromatic carbocycles. The molecule has 0 aliphatic heterocycles. The first-order valence-electron chi connectivity index (χ1n) is 6.23. The molecule has 0 saturated heterocycles. The molecule has 0 aromatic heterocycles. The third kappa shape index (κ3) is 3.61. The van der Waals surface area contributed by atoms with Gasteiger partial charge in [0.2, 0.25) is 0 Å². The maximum Gasteiger partial charge on any atom is 0.0498 e. The zero-order valence-corrected chi connectivity index (χ0v) is 14.5. The number of halogens is 2. The Bertz CT molecular complexity index is 583. The molecular weight excluding hydrogens is 366 g/mol. The van der Waals surface area contributed by atoms with E-state index in [0.717, 1.165) is 21.2 Å². The van der Waals surface area contributed by atoms with Crippen LogP contribution in [0.4, 0.5) is 5.69 Å². The molecule has 0 aliphatic carbocycles. The molecule has 2 aromatic rings. The monoisotopic (exact) mass is 381 g/mol. The fraction of sp³-hybridized carbons (Fsp3) is 0.250. The second-order valence-corrected chi connectivity index (χ2v) is 6.63. The van der Waals surface area contributed by atoms with Crippen LogP contribution in [0.15, 0.2) is 39.3 Å². The summed E-state index contributed by atoms with van der Waals surface area (Å²) in [4.78, 5) is 0. The summed E-state index contributed by atoms with van der Waals surface area (Å²) in [5, 5.41) is 3.49. The van der Waals surface area contributed by atoms with Gasteiger partial charge in [0.25, 0.3) is 0 Å². The molecule has 0 aliphatic rings. The van der Waals surface area contributed by atoms with E-state index in [0.29, 0.717) is 0 Å². The summed E-state index contributed by atoms with van der Waals surface area (Å²) >= 11 is 7.07. The van der Waals surface area contributed by atoms with Crippen LogP contribution in [0.1, 0.15) is 22.3 Å². The Kier molecular flexibility index (Phi) is 4.69. The Morgan fingerprint density at radius 3 is 2.21 bits per heavy atom. The maximum absolute atomic E-state index is 3.57. The Balaban J connectivity index is 2.21. The van der Waals surface area contributed by atoms with Crippen LogP contribution in [0.25, 0.3) is 0 Å².